The average molecular weight is 275 g/mol. The monoisotopic (exact) mass is 274 g/mol. The molecular weight excluding hydrogens is 256 g/mol. The zero-order valence-corrected chi connectivity index (χ0v) is 12.1. The molecule has 0 fully saturated rings. The Hall–Kier alpha value is -1.51. The second kappa shape index (κ2) is 6.09. The summed E-state index contributed by atoms with van der Waals surface area (Å²) in [4.78, 5) is 2.24. The molecule has 2 N–H and O–H groups in total. The van der Waals surface area contributed by atoms with Gasteiger partial charge >= 0.3 is 0 Å². The fraction of sp³-hybridized carbons (Fsp3) is 0.250. The molecule has 2 aromatic carbocycles. The van der Waals surface area contributed by atoms with Crippen molar-refractivity contribution in [1.29, 1.82) is 0 Å². The number of rotatable bonds is 4. The van der Waals surface area contributed by atoms with Crippen molar-refractivity contribution in [2.75, 3.05) is 12.8 Å². The summed E-state index contributed by atoms with van der Waals surface area (Å²) < 4.78 is 0. The summed E-state index contributed by atoms with van der Waals surface area (Å²) in [5, 5.41) is 0.837. The third-order valence-corrected chi connectivity index (χ3v) is 3.43. The molecular formula is C16H19ClN2. The molecule has 0 bridgehead atoms. The molecule has 0 aliphatic heterocycles. The van der Waals surface area contributed by atoms with Gasteiger partial charge in [0, 0.05) is 23.8 Å². The van der Waals surface area contributed by atoms with E-state index in [4.69, 9.17) is 17.3 Å². The Labute approximate surface area is 119 Å². The van der Waals surface area contributed by atoms with Gasteiger partial charge in [0.15, 0.2) is 0 Å². The SMILES string of the molecule is Cc1ccc(CN(C)Cc2ccc(N)cc2)c(Cl)c1. The van der Waals surface area contributed by atoms with Crippen LogP contribution in [-0.2, 0) is 13.1 Å². The van der Waals surface area contributed by atoms with E-state index in [0.717, 1.165) is 29.4 Å². The van der Waals surface area contributed by atoms with Gasteiger partial charge in [-0.25, -0.2) is 0 Å². The molecule has 0 amide bonds. The van der Waals surface area contributed by atoms with Gasteiger partial charge in [0.05, 0.1) is 0 Å². The molecule has 0 unspecified atom stereocenters. The van der Waals surface area contributed by atoms with Crippen LogP contribution in [0.2, 0.25) is 5.02 Å². The first-order chi connectivity index (χ1) is 9.04. The minimum Gasteiger partial charge on any atom is -0.399 e. The van der Waals surface area contributed by atoms with Gasteiger partial charge in [-0.3, -0.25) is 4.90 Å². The first kappa shape index (κ1) is 13.9. The van der Waals surface area contributed by atoms with Crippen molar-refractivity contribution in [3.63, 3.8) is 0 Å². The van der Waals surface area contributed by atoms with Gasteiger partial charge in [-0.2, -0.15) is 0 Å². The maximum atomic E-state index is 6.25. The molecule has 0 aliphatic rings. The van der Waals surface area contributed by atoms with Crippen molar-refractivity contribution in [2.24, 2.45) is 0 Å². The second-order valence-corrected chi connectivity index (χ2v) is 5.42. The first-order valence-electron chi connectivity index (χ1n) is 6.32. The predicted octanol–water partition coefficient (Wildman–Crippen LogP) is 3.86. The van der Waals surface area contributed by atoms with Gasteiger partial charge in [-0.15, -0.1) is 0 Å². The molecule has 2 aromatic rings. The number of aryl methyl sites for hydroxylation is 1. The number of halogens is 1. The van der Waals surface area contributed by atoms with Gasteiger partial charge < -0.3 is 5.73 Å². The van der Waals surface area contributed by atoms with Crippen LogP contribution in [0.3, 0.4) is 0 Å². The van der Waals surface area contributed by atoms with Crippen LogP contribution in [0.15, 0.2) is 42.5 Å². The molecule has 2 rings (SSSR count). The van der Waals surface area contributed by atoms with Gasteiger partial charge in [0.1, 0.15) is 0 Å². The molecule has 0 aliphatic carbocycles. The Balaban J connectivity index is 2.01. The fourth-order valence-corrected chi connectivity index (χ4v) is 2.36. The summed E-state index contributed by atoms with van der Waals surface area (Å²) in [5.41, 5.74) is 10.1. The topological polar surface area (TPSA) is 29.3 Å². The maximum Gasteiger partial charge on any atom is 0.0453 e. The van der Waals surface area contributed by atoms with Gasteiger partial charge in [0.25, 0.3) is 0 Å². The van der Waals surface area contributed by atoms with E-state index in [9.17, 15) is 0 Å². The van der Waals surface area contributed by atoms with Crippen LogP contribution in [0.1, 0.15) is 16.7 Å². The van der Waals surface area contributed by atoms with E-state index in [2.05, 4.69) is 36.2 Å². The van der Waals surface area contributed by atoms with E-state index in [-0.39, 0.29) is 0 Å². The number of nitrogens with two attached hydrogens (primary N) is 1. The van der Waals surface area contributed by atoms with E-state index in [1.807, 2.05) is 25.1 Å². The minimum atomic E-state index is 0.799. The van der Waals surface area contributed by atoms with E-state index in [1.165, 1.54) is 11.1 Å². The largest absolute Gasteiger partial charge is 0.399 e. The molecule has 0 saturated heterocycles. The summed E-state index contributed by atoms with van der Waals surface area (Å²) in [5.74, 6) is 0. The first-order valence-corrected chi connectivity index (χ1v) is 6.70. The van der Waals surface area contributed by atoms with Crippen molar-refractivity contribution >= 4 is 17.3 Å². The smallest absolute Gasteiger partial charge is 0.0453 e. The van der Waals surface area contributed by atoms with Crippen molar-refractivity contribution in [2.45, 2.75) is 20.0 Å². The van der Waals surface area contributed by atoms with E-state index < -0.39 is 0 Å². The highest BCUT2D eigenvalue weighted by atomic mass is 35.5. The van der Waals surface area contributed by atoms with Crippen molar-refractivity contribution < 1.29 is 0 Å². The molecule has 0 aromatic heterocycles. The van der Waals surface area contributed by atoms with Gasteiger partial charge in [-0.1, -0.05) is 35.9 Å². The zero-order chi connectivity index (χ0) is 13.8. The summed E-state index contributed by atoms with van der Waals surface area (Å²) in [6.45, 7) is 3.77. The number of hydrogen-bond donors (Lipinski definition) is 1. The van der Waals surface area contributed by atoms with E-state index in [0.29, 0.717) is 0 Å². The molecule has 0 atom stereocenters. The highest BCUT2D eigenvalue weighted by molar-refractivity contribution is 6.31. The Kier molecular flexibility index (Phi) is 4.46. The minimum absolute atomic E-state index is 0.799. The van der Waals surface area contributed by atoms with Crippen LogP contribution in [0.25, 0.3) is 0 Å². The third kappa shape index (κ3) is 3.98. The van der Waals surface area contributed by atoms with Crippen LogP contribution in [0, 0.1) is 6.92 Å². The third-order valence-electron chi connectivity index (χ3n) is 3.08. The summed E-state index contributed by atoms with van der Waals surface area (Å²) in [7, 11) is 2.09. The molecule has 2 nitrogen and oxygen atoms in total. The molecule has 0 radical (unpaired) electrons. The second-order valence-electron chi connectivity index (χ2n) is 5.01. The van der Waals surface area contributed by atoms with Crippen molar-refractivity contribution in [3.8, 4) is 0 Å². The Morgan fingerprint density at radius 3 is 2.37 bits per heavy atom. The Morgan fingerprint density at radius 1 is 1.05 bits per heavy atom. The number of nitrogens with zero attached hydrogens (tertiary/aromatic N) is 1. The standard InChI is InChI=1S/C16H19ClN2/c1-12-3-6-14(16(17)9-12)11-19(2)10-13-4-7-15(18)8-5-13/h3-9H,10-11,18H2,1-2H3. The average Bonchev–Trinajstić information content (AvgIpc) is 2.36. The van der Waals surface area contributed by atoms with Gasteiger partial charge in [-0.05, 0) is 48.9 Å². The normalized spacial score (nSPS) is 10.9. The molecule has 0 spiro atoms. The summed E-state index contributed by atoms with van der Waals surface area (Å²) in [6.07, 6.45) is 0. The lowest BCUT2D eigenvalue weighted by Crippen LogP contribution is -2.17. The molecule has 0 saturated carbocycles. The van der Waals surface area contributed by atoms with Gasteiger partial charge in [0.2, 0.25) is 0 Å². The van der Waals surface area contributed by atoms with Crippen LogP contribution < -0.4 is 5.73 Å². The molecule has 0 heterocycles. The Bertz CT molecular complexity index is 549. The van der Waals surface area contributed by atoms with Crippen LogP contribution in [0.4, 0.5) is 5.69 Å². The van der Waals surface area contributed by atoms with Crippen LogP contribution in [-0.4, -0.2) is 11.9 Å². The predicted molar refractivity (Wildman–Crippen MR) is 82.2 cm³/mol. The highest BCUT2D eigenvalue weighted by Gasteiger charge is 2.05. The zero-order valence-electron chi connectivity index (χ0n) is 11.4. The molecule has 3 heteroatoms. The lowest BCUT2D eigenvalue weighted by Gasteiger charge is -2.18. The number of benzene rings is 2. The summed E-state index contributed by atoms with van der Waals surface area (Å²) >= 11 is 6.25. The molecule has 100 valence electrons. The number of hydrogen-bond acceptors (Lipinski definition) is 2. The van der Waals surface area contributed by atoms with Crippen molar-refractivity contribution in [1.82, 2.24) is 4.90 Å². The Morgan fingerprint density at radius 2 is 1.74 bits per heavy atom. The summed E-state index contributed by atoms with van der Waals surface area (Å²) in [6, 6.07) is 14.2. The quantitative estimate of drug-likeness (QED) is 0.858. The van der Waals surface area contributed by atoms with E-state index >= 15 is 0 Å². The maximum absolute atomic E-state index is 6.25. The highest BCUT2D eigenvalue weighted by Crippen LogP contribution is 2.19. The van der Waals surface area contributed by atoms with Crippen LogP contribution in [0.5, 0.6) is 0 Å². The van der Waals surface area contributed by atoms with E-state index in [1.54, 1.807) is 0 Å². The fourth-order valence-electron chi connectivity index (χ4n) is 2.06. The molecule has 19 heavy (non-hydrogen) atoms. The van der Waals surface area contributed by atoms with Crippen LogP contribution >= 0.6 is 11.6 Å². The number of anilines is 1. The number of nitrogen functional groups attached to an aromatic ring is 1. The van der Waals surface area contributed by atoms with Crippen molar-refractivity contribution in [3.05, 3.63) is 64.2 Å². The lowest BCUT2D eigenvalue weighted by atomic mass is 10.1. The lowest BCUT2D eigenvalue weighted by molar-refractivity contribution is 0.319.